The molecular weight excluding hydrogens is 286 g/mol. The third kappa shape index (κ3) is 2.96. The fourth-order valence-electron chi connectivity index (χ4n) is 3.19. The van der Waals surface area contributed by atoms with Crippen LogP contribution >= 0.6 is 0 Å². The SMILES string of the molecule is COc1[nH]c(=O)c(C(=O)C(C)C2CCCCC2)c(O)c1OC. The van der Waals surface area contributed by atoms with Crippen LogP contribution in [0.1, 0.15) is 49.4 Å². The monoisotopic (exact) mass is 309 g/mol. The number of rotatable bonds is 5. The van der Waals surface area contributed by atoms with Gasteiger partial charge in [-0.1, -0.05) is 26.2 Å². The number of nitrogens with one attached hydrogen (secondary N) is 1. The van der Waals surface area contributed by atoms with Crippen LogP contribution < -0.4 is 15.0 Å². The van der Waals surface area contributed by atoms with Gasteiger partial charge in [0.2, 0.25) is 11.6 Å². The summed E-state index contributed by atoms with van der Waals surface area (Å²) >= 11 is 0. The summed E-state index contributed by atoms with van der Waals surface area (Å²) in [6, 6.07) is 0. The molecule has 1 aliphatic rings. The molecule has 2 rings (SSSR count). The van der Waals surface area contributed by atoms with Gasteiger partial charge in [-0.3, -0.25) is 14.6 Å². The second kappa shape index (κ2) is 6.85. The van der Waals surface area contributed by atoms with Crippen LogP contribution in [0.15, 0.2) is 4.79 Å². The number of Topliss-reactive ketones (excluding diaryl/α,β-unsaturated/α-hetero) is 1. The lowest BCUT2D eigenvalue weighted by Gasteiger charge is -2.26. The number of aromatic amines is 1. The minimum absolute atomic E-state index is 0.00636. The van der Waals surface area contributed by atoms with Gasteiger partial charge in [0.1, 0.15) is 5.56 Å². The van der Waals surface area contributed by atoms with Gasteiger partial charge in [0.05, 0.1) is 14.2 Å². The molecule has 22 heavy (non-hydrogen) atoms. The molecular formula is C16H23NO5. The van der Waals surface area contributed by atoms with E-state index in [0.717, 1.165) is 25.7 Å². The number of ketones is 1. The average Bonchev–Trinajstić information content (AvgIpc) is 2.54. The molecule has 0 bridgehead atoms. The summed E-state index contributed by atoms with van der Waals surface area (Å²) < 4.78 is 10.00. The fourth-order valence-corrected chi connectivity index (χ4v) is 3.19. The zero-order valence-electron chi connectivity index (χ0n) is 13.3. The fraction of sp³-hybridized carbons (Fsp3) is 0.625. The lowest BCUT2D eigenvalue weighted by molar-refractivity contribution is 0.0858. The van der Waals surface area contributed by atoms with Gasteiger partial charge >= 0.3 is 0 Å². The molecule has 0 spiro atoms. The zero-order valence-corrected chi connectivity index (χ0v) is 13.3. The lowest BCUT2D eigenvalue weighted by Crippen LogP contribution is -2.28. The van der Waals surface area contributed by atoms with Crippen molar-refractivity contribution in [1.82, 2.24) is 4.98 Å². The summed E-state index contributed by atoms with van der Waals surface area (Å²) in [5.74, 6) is -0.853. The molecule has 1 aromatic rings. The minimum Gasteiger partial charge on any atom is -0.503 e. The highest BCUT2D eigenvalue weighted by atomic mass is 16.5. The molecule has 0 amide bonds. The van der Waals surface area contributed by atoms with Gasteiger partial charge in [-0.05, 0) is 18.8 Å². The van der Waals surface area contributed by atoms with Gasteiger partial charge in [-0.15, -0.1) is 0 Å². The molecule has 1 fully saturated rings. The molecule has 122 valence electrons. The van der Waals surface area contributed by atoms with E-state index in [-0.39, 0.29) is 34.8 Å². The number of ether oxygens (including phenoxy) is 2. The predicted molar refractivity (Wildman–Crippen MR) is 81.9 cm³/mol. The third-order valence-corrected chi connectivity index (χ3v) is 4.54. The van der Waals surface area contributed by atoms with Crippen LogP contribution in [0.25, 0.3) is 0 Å². The molecule has 1 saturated carbocycles. The van der Waals surface area contributed by atoms with Crippen molar-refractivity contribution >= 4 is 5.78 Å². The van der Waals surface area contributed by atoms with Crippen molar-refractivity contribution in [3.63, 3.8) is 0 Å². The molecule has 0 saturated heterocycles. The number of pyridine rings is 1. The zero-order chi connectivity index (χ0) is 16.3. The molecule has 6 heteroatoms. The molecule has 6 nitrogen and oxygen atoms in total. The van der Waals surface area contributed by atoms with Crippen LogP contribution in [0.4, 0.5) is 0 Å². The number of methoxy groups -OCH3 is 2. The Morgan fingerprint density at radius 1 is 1.23 bits per heavy atom. The van der Waals surface area contributed by atoms with Crippen molar-refractivity contribution < 1.29 is 19.4 Å². The van der Waals surface area contributed by atoms with E-state index in [1.54, 1.807) is 0 Å². The highest BCUT2D eigenvalue weighted by Crippen LogP contribution is 2.38. The molecule has 2 N–H and O–H groups in total. The number of hydrogen-bond donors (Lipinski definition) is 2. The summed E-state index contributed by atoms with van der Waals surface area (Å²) in [4.78, 5) is 27.3. The van der Waals surface area contributed by atoms with E-state index in [1.807, 2.05) is 6.92 Å². The molecule has 0 aliphatic heterocycles. The average molecular weight is 309 g/mol. The summed E-state index contributed by atoms with van der Waals surface area (Å²) in [7, 11) is 2.69. The van der Waals surface area contributed by atoms with Gasteiger partial charge in [0.15, 0.2) is 11.5 Å². The first-order chi connectivity index (χ1) is 10.5. The maximum atomic E-state index is 12.7. The van der Waals surface area contributed by atoms with E-state index in [1.165, 1.54) is 20.6 Å². The van der Waals surface area contributed by atoms with Crippen molar-refractivity contribution in [3.8, 4) is 17.4 Å². The molecule has 1 aliphatic carbocycles. The van der Waals surface area contributed by atoms with Gasteiger partial charge < -0.3 is 14.6 Å². The first kappa shape index (κ1) is 16.4. The van der Waals surface area contributed by atoms with Crippen LogP contribution in [0.5, 0.6) is 17.4 Å². The summed E-state index contributed by atoms with van der Waals surface area (Å²) in [6.45, 7) is 1.83. The normalized spacial score (nSPS) is 17.0. The third-order valence-electron chi connectivity index (χ3n) is 4.54. The Morgan fingerprint density at radius 2 is 1.86 bits per heavy atom. The van der Waals surface area contributed by atoms with Gasteiger partial charge in [0.25, 0.3) is 5.56 Å². The maximum Gasteiger partial charge on any atom is 0.265 e. The Bertz CT molecular complexity index is 601. The van der Waals surface area contributed by atoms with Crippen LogP contribution in [0.2, 0.25) is 0 Å². The maximum absolute atomic E-state index is 12.7. The molecule has 1 unspecified atom stereocenters. The minimum atomic E-state index is -0.650. The lowest BCUT2D eigenvalue weighted by atomic mass is 9.78. The second-order valence-corrected chi connectivity index (χ2v) is 5.80. The smallest absolute Gasteiger partial charge is 0.265 e. The standard InChI is InChI=1S/C16H23NO5/c1-9(10-7-5-4-6-8-10)12(18)11-13(19)14(21-2)16(22-3)17-15(11)20/h9-10H,4-8H2,1-3H3,(H2,17,19,20). The number of aromatic hydroxyl groups is 1. The molecule has 1 aromatic heterocycles. The van der Waals surface area contributed by atoms with Crippen molar-refractivity contribution in [2.45, 2.75) is 39.0 Å². The van der Waals surface area contributed by atoms with Gasteiger partial charge in [0, 0.05) is 5.92 Å². The van der Waals surface area contributed by atoms with Crippen molar-refractivity contribution in [1.29, 1.82) is 0 Å². The highest BCUT2D eigenvalue weighted by Gasteiger charge is 2.31. The second-order valence-electron chi connectivity index (χ2n) is 5.80. The van der Waals surface area contributed by atoms with E-state index in [0.29, 0.717) is 0 Å². The Morgan fingerprint density at radius 3 is 2.41 bits per heavy atom. The Balaban J connectivity index is 2.38. The largest absolute Gasteiger partial charge is 0.503 e. The van der Waals surface area contributed by atoms with E-state index in [4.69, 9.17) is 9.47 Å². The van der Waals surface area contributed by atoms with Crippen molar-refractivity contribution in [3.05, 3.63) is 15.9 Å². The van der Waals surface area contributed by atoms with Crippen LogP contribution in [-0.4, -0.2) is 30.1 Å². The molecule has 1 atom stereocenters. The predicted octanol–water partition coefficient (Wildman–Crippen LogP) is 2.50. The molecule has 0 radical (unpaired) electrons. The van der Waals surface area contributed by atoms with Gasteiger partial charge in [-0.25, -0.2) is 0 Å². The Labute approximate surface area is 129 Å². The van der Waals surface area contributed by atoms with E-state index >= 15 is 0 Å². The number of hydrogen-bond acceptors (Lipinski definition) is 5. The van der Waals surface area contributed by atoms with Crippen LogP contribution in [0, 0.1) is 11.8 Å². The van der Waals surface area contributed by atoms with E-state index < -0.39 is 11.3 Å². The quantitative estimate of drug-likeness (QED) is 0.816. The summed E-state index contributed by atoms with van der Waals surface area (Å²) in [5.41, 5.74) is -0.890. The van der Waals surface area contributed by atoms with E-state index in [2.05, 4.69) is 4.98 Å². The summed E-state index contributed by atoms with van der Waals surface area (Å²) in [5, 5.41) is 10.3. The Kier molecular flexibility index (Phi) is 5.11. The number of carbonyl (C=O) groups excluding carboxylic acids is 1. The van der Waals surface area contributed by atoms with Crippen LogP contribution in [0.3, 0.4) is 0 Å². The highest BCUT2D eigenvalue weighted by molar-refractivity contribution is 6.00. The van der Waals surface area contributed by atoms with Crippen molar-refractivity contribution in [2.24, 2.45) is 11.8 Å². The Hall–Kier alpha value is -1.98. The molecule has 0 aromatic carbocycles. The van der Waals surface area contributed by atoms with Crippen molar-refractivity contribution in [2.75, 3.05) is 14.2 Å². The first-order valence-electron chi connectivity index (χ1n) is 7.62. The first-order valence-corrected chi connectivity index (χ1v) is 7.62. The summed E-state index contributed by atoms with van der Waals surface area (Å²) in [6.07, 6.45) is 5.38. The molecule has 1 heterocycles. The topological polar surface area (TPSA) is 88.6 Å². The number of aromatic nitrogens is 1. The number of carbonyl (C=O) groups is 1. The van der Waals surface area contributed by atoms with Crippen LogP contribution in [-0.2, 0) is 0 Å². The van der Waals surface area contributed by atoms with E-state index in [9.17, 15) is 14.7 Å². The van der Waals surface area contributed by atoms with Gasteiger partial charge in [-0.2, -0.15) is 0 Å². The number of H-pyrrole nitrogens is 1.